The lowest BCUT2D eigenvalue weighted by atomic mass is 10.1. The lowest BCUT2D eigenvalue weighted by Crippen LogP contribution is -2.28. The maximum atomic E-state index is 13.7. The number of rotatable bonds is 8. The lowest BCUT2D eigenvalue weighted by Gasteiger charge is -2.13. The van der Waals surface area contributed by atoms with Crippen molar-refractivity contribution in [2.45, 2.75) is 11.3 Å². The molecule has 156 valence electrons. The molecular weight excluding hydrogens is 409 g/mol. The van der Waals surface area contributed by atoms with Gasteiger partial charge in [-0.15, -0.1) is 0 Å². The second kappa shape index (κ2) is 9.36. The molecule has 7 nitrogen and oxygen atoms in total. The molecule has 0 unspecified atom stereocenters. The Morgan fingerprint density at radius 2 is 1.83 bits per heavy atom. The van der Waals surface area contributed by atoms with Crippen molar-refractivity contribution in [2.75, 3.05) is 18.4 Å². The van der Waals surface area contributed by atoms with Gasteiger partial charge in [0.1, 0.15) is 16.5 Å². The Morgan fingerprint density at radius 3 is 2.60 bits per heavy atom. The molecule has 0 saturated heterocycles. The van der Waals surface area contributed by atoms with Gasteiger partial charge in [0.25, 0.3) is 15.9 Å². The molecule has 0 spiro atoms. The van der Waals surface area contributed by atoms with Crippen molar-refractivity contribution in [3.8, 4) is 5.75 Å². The summed E-state index contributed by atoms with van der Waals surface area (Å²) in [7, 11) is -2.62. The molecule has 0 aliphatic heterocycles. The average Bonchev–Trinajstić information content (AvgIpc) is 2.75. The molecule has 1 heterocycles. The van der Waals surface area contributed by atoms with Crippen LogP contribution in [0.2, 0.25) is 0 Å². The lowest BCUT2D eigenvalue weighted by molar-refractivity contribution is 0.0950. The predicted molar refractivity (Wildman–Crippen MR) is 110 cm³/mol. The van der Waals surface area contributed by atoms with Gasteiger partial charge in [-0.2, -0.15) is 0 Å². The third kappa shape index (κ3) is 5.12. The summed E-state index contributed by atoms with van der Waals surface area (Å²) in [5.41, 5.74) is 0.643. The third-order valence-electron chi connectivity index (χ3n) is 4.26. The second-order valence-electron chi connectivity index (χ2n) is 6.31. The van der Waals surface area contributed by atoms with E-state index in [2.05, 4.69) is 15.0 Å². The number of sulfonamides is 1. The van der Waals surface area contributed by atoms with Gasteiger partial charge >= 0.3 is 0 Å². The van der Waals surface area contributed by atoms with Gasteiger partial charge in [0.15, 0.2) is 0 Å². The highest BCUT2D eigenvalue weighted by atomic mass is 32.2. The first-order valence-electron chi connectivity index (χ1n) is 9.03. The summed E-state index contributed by atoms with van der Waals surface area (Å²) >= 11 is 0. The van der Waals surface area contributed by atoms with Gasteiger partial charge in [0, 0.05) is 12.6 Å². The average molecular weight is 429 g/mol. The second-order valence-corrected chi connectivity index (χ2v) is 7.96. The van der Waals surface area contributed by atoms with Crippen LogP contribution in [0.5, 0.6) is 5.75 Å². The van der Waals surface area contributed by atoms with E-state index in [1.165, 1.54) is 49.8 Å². The number of hydrogen-bond donors (Lipinski definition) is 2. The Balaban J connectivity index is 1.75. The smallest absolute Gasteiger partial charge is 0.262 e. The van der Waals surface area contributed by atoms with Crippen LogP contribution in [-0.4, -0.2) is 33.0 Å². The summed E-state index contributed by atoms with van der Waals surface area (Å²) < 4.78 is 46.9. The van der Waals surface area contributed by atoms with E-state index in [0.717, 1.165) is 0 Å². The van der Waals surface area contributed by atoms with Crippen molar-refractivity contribution in [1.29, 1.82) is 0 Å². The zero-order valence-electron chi connectivity index (χ0n) is 16.1. The van der Waals surface area contributed by atoms with Crippen LogP contribution in [-0.2, 0) is 16.4 Å². The number of nitrogens with zero attached hydrogens (tertiary/aromatic N) is 1. The monoisotopic (exact) mass is 429 g/mol. The number of anilines is 1. The molecule has 3 rings (SSSR count). The van der Waals surface area contributed by atoms with Crippen molar-refractivity contribution in [2.24, 2.45) is 0 Å². The van der Waals surface area contributed by atoms with E-state index in [1.807, 2.05) is 0 Å². The highest BCUT2D eigenvalue weighted by molar-refractivity contribution is 7.92. The predicted octanol–water partition coefficient (Wildman–Crippen LogP) is 3.00. The van der Waals surface area contributed by atoms with E-state index in [-0.39, 0.29) is 34.9 Å². The molecule has 0 aliphatic carbocycles. The Morgan fingerprint density at radius 1 is 1.10 bits per heavy atom. The highest BCUT2D eigenvalue weighted by Gasteiger charge is 2.22. The number of pyridine rings is 1. The van der Waals surface area contributed by atoms with Gasteiger partial charge in [-0.1, -0.05) is 30.3 Å². The molecule has 0 atom stereocenters. The van der Waals surface area contributed by atoms with Crippen LogP contribution < -0.4 is 14.8 Å². The number of nitrogens with one attached hydrogen (secondary N) is 2. The molecule has 0 bridgehead atoms. The number of ether oxygens (including phenoxy) is 1. The molecule has 0 saturated carbocycles. The summed E-state index contributed by atoms with van der Waals surface area (Å²) in [6.07, 6.45) is 3.05. The molecular formula is C21H20FN3O4S. The van der Waals surface area contributed by atoms with Crippen molar-refractivity contribution >= 4 is 21.6 Å². The number of hydrogen-bond acceptors (Lipinski definition) is 5. The van der Waals surface area contributed by atoms with E-state index < -0.39 is 15.9 Å². The summed E-state index contributed by atoms with van der Waals surface area (Å²) in [5.74, 6) is -0.545. The van der Waals surface area contributed by atoms with E-state index in [9.17, 15) is 17.6 Å². The maximum absolute atomic E-state index is 13.7. The molecule has 0 aliphatic rings. The summed E-state index contributed by atoms with van der Waals surface area (Å²) in [5, 5.41) is 2.64. The maximum Gasteiger partial charge on any atom is 0.262 e. The number of aromatic nitrogens is 1. The molecule has 0 fully saturated rings. The largest absolute Gasteiger partial charge is 0.495 e. The number of halogens is 1. The van der Waals surface area contributed by atoms with Crippen molar-refractivity contribution in [3.05, 3.63) is 83.9 Å². The van der Waals surface area contributed by atoms with Crippen molar-refractivity contribution in [1.82, 2.24) is 10.3 Å². The first kappa shape index (κ1) is 21.3. The van der Waals surface area contributed by atoms with Gasteiger partial charge in [-0.25, -0.2) is 12.8 Å². The minimum Gasteiger partial charge on any atom is -0.495 e. The molecule has 30 heavy (non-hydrogen) atoms. The third-order valence-corrected chi connectivity index (χ3v) is 5.70. The standard InChI is InChI=1S/C21H20FN3O4S/c1-29-17-12-16(13-23-14-17)25-30(27,28)20-9-5-3-7-18(20)21(26)24-11-10-15-6-2-4-8-19(15)22/h2-9,12-14,25H,10-11H2,1H3,(H,24,26). The molecule has 0 radical (unpaired) electrons. The zero-order valence-corrected chi connectivity index (χ0v) is 16.9. The zero-order chi connectivity index (χ0) is 21.6. The Bertz CT molecular complexity index is 1150. The van der Waals surface area contributed by atoms with E-state index in [4.69, 9.17) is 4.74 Å². The van der Waals surface area contributed by atoms with Crippen molar-refractivity contribution in [3.63, 3.8) is 0 Å². The summed E-state index contributed by atoms with van der Waals surface area (Å²) in [6.45, 7) is 0.154. The van der Waals surface area contributed by atoms with Crippen LogP contribution in [0.4, 0.5) is 10.1 Å². The quantitative estimate of drug-likeness (QED) is 0.574. The van der Waals surface area contributed by atoms with E-state index >= 15 is 0 Å². The first-order valence-corrected chi connectivity index (χ1v) is 10.5. The fourth-order valence-corrected chi connectivity index (χ4v) is 4.03. The van der Waals surface area contributed by atoms with Crippen LogP contribution in [0.1, 0.15) is 15.9 Å². The van der Waals surface area contributed by atoms with Gasteiger partial charge < -0.3 is 10.1 Å². The molecule has 2 N–H and O–H groups in total. The van der Waals surface area contributed by atoms with Crippen LogP contribution in [0, 0.1) is 5.82 Å². The fraction of sp³-hybridized carbons (Fsp3) is 0.143. The van der Waals surface area contributed by atoms with Crippen LogP contribution in [0.15, 0.2) is 71.9 Å². The number of amides is 1. The van der Waals surface area contributed by atoms with Gasteiger partial charge in [-0.05, 0) is 30.2 Å². The van der Waals surface area contributed by atoms with E-state index in [0.29, 0.717) is 11.3 Å². The number of methoxy groups -OCH3 is 1. The molecule has 2 aromatic carbocycles. The number of carbonyl (C=O) groups is 1. The highest BCUT2D eigenvalue weighted by Crippen LogP contribution is 2.21. The van der Waals surface area contributed by atoms with Crippen LogP contribution in [0.25, 0.3) is 0 Å². The molecule has 9 heteroatoms. The van der Waals surface area contributed by atoms with Gasteiger partial charge in [0.2, 0.25) is 0 Å². The van der Waals surface area contributed by atoms with E-state index in [1.54, 1.807) is 24.3 Å². The summed E-state index contributed by atoms with van der Waals surface area (Å²) in [4.78, 5) is 16.3. The first-order chi connectivity index (χ1) is 14.4. The Hall–Kier alpha value is -3.46. The minimum atomic E-state index is -4.06. The SMILES string of the molecule is COc1cncc(NS(=O)(=O)c2ccccc2C(=O)NCCc2ccccc2F)c1. The Kier molecular flexibility index (Phi) is 6.63. The Labute approximate surface area is 174 Å². The van der Waals surface area contributed by atoms with Gasteiger partial charge in [-0.3, -0.25) is 14.5 Å². The van der Waals surface area contributed by atoms with Crippen LogP contribution >= 0.6 is 0 Å². The van der Waals surface area contributed by atoms with Crippen LogP contribution in [0.3, 0.4) is 0 Å². The minimum absolute atomic E-state index is 0.0191. The topological polar surface area (TPSA) is 97.4 Å². The van der Waals surface area contributed by atoms with Crippen molar-refractivity contribution < 1.29 is 22.3 Å². The summed E-state index contributed by atoms with van der Waals surface area (Å²) in [6, 6.07) is 13.6. The molecule has 3 aromatic rings. The number of carbonyl (C=O) groups excluding carboxylic acids is 1. The molecule has 1 amide bonds. The number of benzene rings is 2. The molecule has 1 aromatic heterocycles. The fourth-order valence-electron chi connectivity index (χ4n) is 2.79. The normalized spacial score (nSPS) is 11.0. The van der Waals surface area contributed by atoms with Gasteiger partial charge in [0.05, 0.1) is 30.8 Å².